The van der Waals surface area contributed by atoms with E-state index in [1.165, 1.54) is 12.7 Å². The number of allylic oxidation sites excluding steroid dienone is 2. The smallest absolute Gasteiger partial charge is 0.312 e. The molecule has 0 N–H and O–H groups in total. The Hall–Kier alpha value is -0.990. The van der Waals surface area contributed by atoms with E-state index in [-0.39, 0.29) is 17.3 Å². The van der Waals surface area contributed by atoms with E-state index in [2.05, 4.69) is 13.8 Å². The second-order valence-electron chi connectivity index (χ2n) is 5.55. The van der Waals surface area contributed by atoms with Gasteiger partial charge in [-0.1, -0.05) is 13.8 Å². The third-order valence-electron chi connectivity index (χ3n) is 4.63. The molecular weight excluding hydrogens is 216 g/mol. The van der Waals surface area contributed by atoms with Gasteiger partial charge >= 0.3 is 5.97 Å². The lowest BCUT2D eigenvalue weighted by Gasteiger charge is -2.43. The summed E-state index contributed by atoms with van der Waals surface area (Å²) < 4.78 is 10.7. The molecule has 0 aromatic heterocycles. The van der Waals surface area contributed by atoms with Crippen molar-refractivity contribution in [2.45, 2.75) is 40.0 Å². The van der Waals surface area contributed by atoms with Crippen LogP contribution in [-0.2, 0) is 14.3 Å². The average Bonchev–Trinajstić information content (AvgIpc) is 2.33. The molecule has 0 radical (unpaired) electrons. The van der Waals surface area contributed by atoms with Crippen LogP contribution in [0, 0.1) is 17.3 Å². The van der Waals surface area contributed by atoms with Crippen LogP contribution in [0.25, 0.3) is 0 Å². The van der Waals surface area contributed by atoms with E-state index in [0.717, 1.165) is 31.6 Å². The monoisotopic (exact) mass is 238 g/mol. The first kappa shape index (κ1) is 12.5. The van der Waals surface area contributed by atoms with Gasteiger partial charge in [-0.15, -0.1) is 0 Å². The highest BCUT2D eigenvalue weighted by atomic mass is 16.5. The predicted octanol–water partition coefficient (Wildman–Crippen LogP) is 2.91. The van der Waals surface area contributed by atoms with Gasteiger partial charge in [0.25, 0.3) is 0 Å². The molecule has 96 valence electrons. The summed E-state index contributed by atoms with van der Waals surface area (Å²) >= 11 is 0. The van der Waals surface area contributed by atoms with E-state index in [1.807, 2.05) is 6.92 Å². The molecule has 0 saturated carbocycles. The molecule has 0 saturated heterocycles. The molecule has 0 aromatic rings. The molecule has 1 aliphatic heterocycles. The van der Waals surface area contributed by atoms with Gasteiger partial charge in [0.15, 0.2) is 0 Å². The van der Waals surface area contributed by atoms with Crippen LogP contribution in [0.3, 0.4) is 0 Å². The molecule has 0 bridgehead atoms. The van der Waals surface area contributed by atoms with Crippen LogP contribution in [0.5, 0.6) is 0 Å². The van der Waals surface area contributed by atoms with E-state index in [1.54, 1.807) is 0 Å². The molecule has 3 heteroatoms. The van der Waals surface area contributed by atoms with Crippen molar-refractivity contribution in [2.24, 2.45) is 17.3 Å². The van der Waals surface area contributed by atoms with Gasteiger partial charge in [-0.3, -0.25) is 4.79 Å². The molecular formula is C14H22O3. The van der Waals surface area contributed by atoms with Crippen molar-refractivity contribution in [3.05, 3.63) is 11.3 Å². The van der Waals surface area contributed by atoms with Gasteiger partial charge < -0.3 is 9.47 Å². The van der Waals surface area contributed by atoms with Gasteiger partial charge in [-0.2, -0.15) is 0 Å². The molecule has 1 aliphatic carbocycles. The molecule has 2 rings (SSSR count). The maximum Gasteiger partial charge on any atom is 0.312 e. The quantitative estimate of drug-likeness (QED) is 0.659. The first-order valence-electron chi connectivity index (χ1n) is 6.45. The Morgan fingerprint density at radius 3 is 2.82 bits per heavy atom. The fourth-order valence-corrected chi connectivity index (χ4v) is 3.20. The van der Waals surface area contributed by atoms with E-state index < -0.39 is 0 Å². The number of esters is 1. The van der Waals surface area contributed by atoms with Crippen molar-refractivity contribution in [1.82, 2.24) is 0 Å². The highest BCUT2D eigenvalue weighted by Crippen LogP contribution is 2.49. The Balaban J connectivity index is 2.35. The first-order valence-corrected chi connectivity index (χ1v) is 6.45. The summed E-state index contributed by atoms with van der Waals surface area (Å²) in [4.78, 5) is 12.0. The lowest BCUT2D eigenvalue weighted by molar-refractivity contribution is -0.155. The molecule has 3 atom stereocenters. The number of hydrogen-bond acceptors (Lipinski definition) is 3. The number of carbonyl (C=O) groups excluding carboxylic acids is 1. The summed E-state index contributed by atoms with van der Waals surface area (Å²) in [5.41, 5.74) is 0.957. The molecule has 0 unspecified atom stereocenters. The fraction of sp³-hybridized carbons (Fsp3) is 0.786. The van der Waals surface area contributed by atoms with Crippen molar-refractivity contribution >= 4 is 5.97 Å². The zero-order valence-electron chi connectivity index (χ0n) is 11.2. The maximum absolute atomic E-state index is 12.0. The lowest BCUT2D eigenvalue weighted by Crippen LogP contribution is -2.42. The molecule has 0 spiro atoms. The van der Waals surface area contributed by atoms with Crippen LogP contribution in [-0.4, -0.2) is 19.7 Å². The SMILES string of the molecule is COC(=O)[C@@]1(C)CCC2=C([C@H](C)CCO2)[C@H]1C. The van der Waals surface area contributed by atoms with Gasteiger partial charge in [-0.25, -0.2) is 0 Å². The zero-order valence-corrected chi connectivity index (χ0v) is 11.2. The maximum atomic E-state index is 12.0. The van der Waals surface area contributed by atoms with E-state index >= 15 is 0 Å². The largest absolute Gasteiger partial charge is 0.498 e. The molecule has 2 aliphatic rings. The Morgan fingerprint density at radius 1 is 1.47 bits per heavy atom. The van der Waals surface area contributed by atoms with Crippen LogP contribution < -0.4 is 0 Å². The minimum absolute atomic E-state index is 0.0886. The van der Waals surface area contributed by atoms with Crippen molar-refractivity contribution in [3.8, 4) is 0 Å². The molecule has 0 aromatic carbocycles. The Morgan fingerprint density at radius 2 is 2.18 bits per heavy atom. The highest BCUT2D eigenvalue weighted by molar-refractivity contribution is 5.77. The van der Waals surface area contributed by atoms with Gasteiger partial charge in [0.1, 0.15) is 0 Å². The summed E-state index contributed by atoms with van der Waals surface area (Å²) in [5.74, 6) is 1.79. The van der Waals surface area contributed by atoms with Crippen LogP contribution >= 0.6 is 0 Å². The summed E-state index contributed by atoms with van der Waals surface area (Å²) in [5, 5.41) is 0. The van der Waals surface area contributed by atoms with E-state index in [0.29, 0.717) is 5.92 Å². The number of carbonyl (C=O) groups is 1. The molecule has 1 heterocycles. The number of ether oxygens (including phenoxy) is 2. The average molecular weight is 238 g/mol. The van der Waals surface area contributed by atoms with Crippen molar-refractivity contribution in [3.63, 3.8) is 0 Å². The standard InChI is InChI=1S/C14H22O3/c1-9-6-8-17-11-5-7-14(3,13(15)16-4)10(2)12(9)11/h9-10H,5-8H2,1-4H3/t9-,10-,14+/m1/s1. The predicted molar refractivity (Wildman–Crippen MR) is 65.3 cm³/mol. The third-order valence-corrected chi connectivity index (χ3v) is 4.63. The number of rotatable bonds is 1. The van der Waals surface area contributed by atoms with Crippen molar-refractivity contribution < 1.29 is 14.3 Å². The lowest BCUT2D eigenvalue weighted by atomic mass is 9.64. The fourth-order valence-electron chi connectivity index (χ4n) is 3.20. The van der Waals surface area contributed by atoms with Gasteiger partial charge in [0.05, 0.1) is 24.9 Å². The van der Waals surface area contributed by atoms with Crippen LogP contribution in [0.1, 0.15) is 40.0 Å². The normalized spacial score (nSPS) is 37.2. The minimum atomic E-state index is -0.386. The molecule has 17 heavy (non-hydrogen) atoms. The third kappa shape index (κ3) is 1.85. The summed E-state index contributed by atoms with van der Waals surface area (Å²) in [6.45, 7) is 7.21. The Bertz CT molecular complexity index is 358. The zero-order chi connectivity index (χ0) is 12.6. The molecule has 3 nitrogen and oxygen atoms in total. The second-order valence-corrected chi connectivity index (χ2v) is 5.55. The Kier molecular flexibility index (Phi) is 3.19. The van der Waals surface area contributed by atoms with E-state index in [9.17, 15) is 4.79 Å². The van der Waals surface area contributed by atoms with Crippen molar-refractivity contribution in [1.29, 1.82) is 0 Å². The minimum Gasteiger partial charge on any atom is -0.498 e. The highest BCUT2D eigenvalue weighted by Gasteiger charge is 2.47. The molecule has 0 fully saturated rings. The number of methoxy groups -OCH3 is 1. The van der Waals surface area contributed by atoms with Crippen LogP contribution in [0.2, 0.25) is 0 Å². The summed E-state index contributed by atoms with van der Waals surface area (Å²) in [7, 11) is 1.48. The van der Waals surface area contributed by atoms with Gasteiger partial charge in [0.2, 0.25) is 0 Å². The Labute approximate surface area is 103 Å². The molecule has 0 amide bonds. The van der Waals surface area contributed by atoms with E-state index in [4.69, 9.17) is 9.47 Å². The van der Waals surface area contributed by atoms with Crippen LogP contribution in [0.4, 0.5) is 0 Å². The summed E-state index contributed by atoms with van der Waals surface area (Å²) in [6.07, 6.45) is 2.75. The second kappa shape index (κ2) is 4.35. The van der Waals surface area contributed by atoms with Gasteiger partial charge in [0, 0.05) is 6.42 Å². The summed E-state index contributed by atoms with van der Waals surface area (Å²) in [6, 6.07) is 0. The number of hydrogen-bond donors (Lipinski definition) is 0. The van der Waals surface area contributed by atoms with Gasteiger partial charge in [-0.05, 0) is 37.2 Å². The topological polar surface area (TPSA) is 35.5 Å². The van der Waals surface area contributed by atoms with Crippen molar-refractivity contribution in [2.75, 3.05) is 13.7 Å². The first-order chi connectivity index (χ1) is 8.00. The van der Waals surface area contributed by atoms with Crippen LogP contribution in [0.15, 0.2) is 11.3 Å².